The molecule has 9 nitrogen and oxygen atoms in total. The van der Waals surface area contributed by atoms with E-state index in [1.807, 2.05) is 13.8 Å². The first-order valence-electron chi connectivity index (χ1n) is 13.3. The third kappa shape index (κ3) is 7.21. The number of halogens is 5. The van der Waals surface area contributed by atoms with E-state index in [1.165, 1.54) is 12.4 Å². The van der Waals surface area contributed by atoms with Crippen molar-refractivity contribution in [2.45, 2.75) is 70.2 Å². The quantitative estimate of drug-likeness (QED) is 0.363. The van der Waals surface area contributed by atoms with Crippen LogP contribution in [0.4, 0.5) is 13.2 Å². The Morgan fingerprint density at radius 3 is 2.27 bits per heavy atom. The Labute approximate surface area is 244 Å². The number of nitrogens with zero attached hydrogens (tertiary/aromatic N) is 4. The summed E-state index contributed by atoms with van der Waals surface area (Å²) in [6.07, 6.45) is 0.426. The van der Waals surface area contributed by atoms with Gasteiger partial charge in [0.05, 0.1) is 58.1 Å². The number of carbonyl (C=O) groups excluding carboxylic acids is 2. The molecule has 1 saturated carbocycles. The zero-order chi connectivity index (χ0) is 30.1. The fourth-order valence-corrected chi connectivity index (χ4v) is 6.05. The van der Waals surface area contributed by atoms with Crippen LogP contribution in [0.5, 0.6) is 0 Å². The lowest BCUT2D eigenvalue weighted by atomic mass is 9.86. The first kappa shape index (κ1) is 31.2. The lowest BCUT2D eigenvalue weighted by molar-refractivity contribution is -0.147. The molecule has 0 radical (unpaired) electrons. The minimum Gasteiger partial charge on any atom is -0.481 e. The molecule has 1 atom stereocenters. The Morgan fingerprint density at radius 2 is 1.73 bits per heavy atom. The number of ketones is 1. The first-order chi connectivity index (χ1) is 19.2. The summed E-state index contributed by atoms with van der Waals surface area (Å²) in [6, 6.07) is -0.720. The van der Waals surface area contributed by atoms with E-state index >= 15 is 0 Å². The van der Waals surface area contributed by atoms with Crippen LogP contribution in [0.15, 0.2) is 18.6 Å². The van der Waals surface area contributed by atoms with Gasteiger partial charge in [-0.1, -0.05) is 23.2 Å². The van der Waals surface area contributed by atoms with Crippen molar-refractivity contribution in [2.75, 3.05) is 19.7 Å². The van der Waals surface area contributed by atoms with E-state index in [1.54, 1.807) is 0 Å². The predicted molar refractivity (Wildman–Crippen MR) is 143 cm³/mol. The highest BCUT2D eigenvalue weighted by Crippen LogP contribution is 2.39. The summed E-state index contributed by atoms with van der Waals surface area (Å²) in [5.41, 5.74) is -2.36. The molecule has 1 unspecified atom stereocenters. The number of aliphatic carboxylic acids is 1. The fourth-order valence-electron chi connectivity index (χ4n) is 5.47. The van der Waals surface area contributed by atoms with Crippen molar-refractivity contribution in [3.8, 4) is 0 Å². The van der Waals surface area contributed by atoms with Crippen LogP contribution in [0.25, 0.3) is 0 Å². The molecule has 1 saturated heterocycles. The number of carboxylic acids is 1. The number of amides is 1. The molecule has 2 aliphatic rings. The maximum Gasteiger partial charge on any atom is 0.433 e. The standard InChI is InChI=1S/C27H31Cl2F3N4O5/c1-26(2)8-7-15(14-41-26)12-35(13-21(37)22-19(28)10-33-11-20(22)29)24(38)18-9-34-36(23(18)27(30,31)32)17-5-3-16(4-6-17)25(39)40/h9-11,15-17H,3-8,12-14H2,1-2H3,(H,39,40)/t15?,16-,17-. The smallest absolute Gasteiger partial charge is 0.433 e. The molecular weight excluding hydrogens is 588 g/mol. The van der Waals surface area contributed by atoms with Crippen LogP contribution in [-0.2, 0) is 15.7 Å². The summed E-state index contributed by atoms with van der Waals surface area (Å²) in [4.78, 5) is 43.3. The Morgan fingerprint density at radius 1 is 1.10 bits per heavy atom. The van der Waals surface area contributed by atoms with Crippen LogP contribution in [0.1, 0.15) is 84.8 Å². The van der Waals surface area contributed by atoms with Gasteiger partial charge in [-0.2, -0.15) is 18.3 Å². The molecule has 14 heteroatoms. The van der Waals surface area contributed by atoms with Crippen molar-refractivity contribution in [1.29, 1.82) is 0 Å². The van der Waals surface area contributed by atoms with Crippen molar-refractivity contribution >= 4 is 40.9 Å². The van der Waals surface area contributed by atoms with Gasteiger partial charge in [0, 0.05) is 24.9 Å². The van der Waals surface area contributed by atoms with Gasteiger partial charge in [-0.25, -0.2) is 0 Å². The molecule has 0 aromatic carbocycles. The zero-order valence-corrected chi connectivity index (χ0v) is 24.1. The average molecular weight is 619 g/mol. The Balaban J connectivity index is 1.66. The second kappa shape index (κ2) is 12.3. The molecule has 224 valence electrons. The molecule has 3 heterocycles. The number of Topliss-reactive ketones (excluding diaryl/α,β-unsaturated/α-hetero) is 1. The number of hydrogen-bond donors (Lipinski definition) is 1. The zero-order valence-electron chi connectivity index (χ0n) is 22.6. The monoisotopic (exact) mass is 618 g/mol. The van der Waals surface area contributed by atoms with Gasteiger partial charge in [-0.3, -0.25) is 24.0 Å². The maximum absolute atomic E-state index is 14.4. The minimum atomic E-state index is -4.93. The van der Waals surface area contributed by atoms with Crippen molar-refractivity contribution in [3.63, 3.8) is 0 Å². The molecule has 4 rings (SSSR count). The highest BCUT2D eigenvalue weighted by molar-refractivity contribution is 6.39. The summed E-state index contributed by atoms with van der Waals surface area (Å²) in [5, 5.41) is 13.1. The van der Waals surface area contributed by atoms with Gasteiger partial charge >= 0.3 is 12.1 Å². The third-order valence-electron chi connectivity index (χ3n) is 7.78. The maximum atomic E-state index is 14.4. The molecule has 2 fully saturated rings. The third-order valence-corrected chi connectivity index (χ3v) is 8.36. The fraction of sp³-hybridized carbons (Fsp3) is 0.593. The van der Waals surface area contributed by atoms with Gasteiger partial charge in [0.1, 0.15) is 0 Å². The Bertz CT molecular complexity index is 1280. The number of carbonyl (C=O) groups is 3. The molecular formula is C27H31Cl2F3N4O5. The largest absolute Gasteiger partial charge is 0.481 e. The lowest BCUT2D eigenvalue weighted by Gasteiger charge is -2.37. The van der Waals surface area contributed by atoms with E-state index < -0.39 is 53.6 Å². The molecule has 0 bridgehead atoms. The van der Waals surface area contributed by atoms with Gasteiger partial charge in [-0.05, 0) is 52.4 Å². The van der Waals surface area contributed by atoms with Crippen molar-refractivity contribution in [1.82, 2.24) is 19.7 Å². The van der Waals surface area contributed by atoms with Crippen molar-refractivity contribution < 1.29 is 37.4 Å². The highest BCUT2D eigenvalue weighted by atomic mass is 35.5. The molecule has 1 N–H and O–H groups in total. The Kier molecular flexibility index (Phi) is 9.35. The van der Waals surface area contributed by atoms with Crippen molar-refractivity contribution in [3.05, 3.63) is 45.5 Å². The molecule has 1 amide bonds. The Hall–Kier alpha value is -2.70. The van der Waals surface area contributed by atoms with Crippen LogP contribution in [-0.4, -0.2) is 67.7 Å². The van der Waals surface area contributed by atoms with E-state index in [0.717, 1.165) is 15.8 Å². The van der Waals surface area contributed by atoms with Gasteiger partial charge in [0.15, 0.2) is 11.5 Å². The number of alkyl halides is 3. The summed E-state index contributed by atoms with van der Waals surface area (Å²) >= 11 is 12.3. The number of ether oxygens (including phenoxy) is 1. The summed E-state index contributed by atoms with van der Waals surface area (Å²) in [7, 11) is 0. The second-order valence-corrected chi connectivity index (χ2v) is 12.1. The lowest BCUT2D eigenvalue weighted by Crippen LogP contribution is -2.44. The molecule has 1 aliphatic heterocycles. The highest BCUT2D eigenvalue weighted by Gasteiger charge is 2.44. The normalized spacial score (nSPS) is 22.8. The number of rotatable bonds is 8. The van der Waals surface area contributed by atoms with Crippen LogP contribution < -0.4 is 0 Å². The summed E-state index contributed by atoms with van der Waals surface area (Å²) < 4.78 is 50.0. The van der Waals surface area contributed by atoms with E-state index in [-0.39, 0.29) is 66.0 Å². The number of aromatic nitrogens is 3. The predicted octanol–water partition coefficient (Wildman–Crippen LogP) is 5.95. The number of carboxylic acid groups (broad SMARTS) is 1. The minimum absolute atomic E-state index is 0.0346. The molecule has 2 aromatic rings. The number of pyridine rings is 1. The van der Waals surface area contributed by atoms with Crippen LogP contribution in [0, 0.1) is 11.8 Å². The van der Waals surface area contributed by atoms with Gasteiger partial charge in [-0.15, -0.1) is 0 Å². The molecule has 41 heavy (non-hydrogen) atoms. The van der Waals surface area contributed by atoms with Gasteiger partial charge in [0.2, 0.25) is 0 Å². The average Bonchev–Trinajstić information content (AvgIpc) is 3.35. The SMILES string of the molecule is CC1(C)CCC(CN(CC(=O)c2c(Cl)cncc2Cl)C(=O)c2cnn([C@H]3CC[C@H](C(=O)O)CC3)c2C(F)(F)F)CO1. The van der Waals surface area contributed by atoms with Crippen LogP contribution in [0.3, 0.4) is 0 Å². The van der Waals surface area contributed by atoms with Crippen LogP contribution >= 0.6 is 23.2 Å². The van der Waals surface area contributed by atoms with E-state index in [9.17, 15) is 32.7 Å². The summed E-state index contributed by atoms with van der Waals surface area (Å²) in [6.45, 7) is 3.51. The van der Waals surface area contributed by atoms with Crippen LogP contribution in [0.2, 0.25) is 10.0 Å². The van der Waals surface area contributed by atoms with Gasteiger partial charge in [0.25, 0.3) is 5.91 Å². The molecule has 0 spiro atoms. The second-order valence-electron chi connectivity index (χ2n) is 11.3. The molecule has 2 aromatic heterocycles. The molecule has 1 aliphatic carbocycles. The topological polar surface area (TPSA) is 115 Å². The van der Waals surface area contributed by atoms with E-state index in [0.29, 0.717) is 12.8 Å². The van der Waals surface area contributed by atoms with Gasteiger partial charge < -0.3 is 14.7 Å². The first-order valence-corrected chi connectivity index (χ1v) is 14.1. The number of hydrogen-bond acceptors (Lipinski definition) is 6. The van der Waals surface area contributed by atoms with Crippen molar-refractivity contribution in [2.24, 2.45) is 11.8 Å². The van der Waals surface area contributed by atoms with E-state index in [2.05, 4.69) is 10.1 Å². The van der Waals surface area contributed by atoms with E-state index in [4.69, 9.17) is 27.9 Å². The summed E-state index contributed by atoms with van der Waals surface area (Å²) in [5.74, 6) is -3.50.